The zero-order valence-corrected chi connectivity index (χ0v) is 11.4. The molecule has 94 valence electrons. The molecule has 0 spiro atoms. The predicted octanol–water partition coefficient (Wildman–Crippen LogP) is 4.23. The van der Waals surface area contributed by atoms with E-state index in [0.29, 0.717) is 11.4 Å². The third-order valence-corrected chi connectivity index (χ3v) is 3.51. The van der Waals surface area contributed by atoms with E-state index in [2.05, 4.69) is 19.1 Å². The molecule has 0 aliphatic carbocycles. The maximum atomic E-state index is 10.3. The lowest BCUT2D eigenvalue weighted by atomic mass is 9.96. The highest BCUT2D eigenvalue weighted by molar-refractivity contribution is 6.30. The number of aliphatic hydroxyl groups is 1. The monoisotopic (exact) mass is 260 g/mol. The van der Waals surface area contributed by atoms with Gasteiger partial charge in [0.25, 0.3) is 0 Å². The van der Waals surface area contributed by atoms with Gasteiger partial charge in [0, 0.05) is 11.4 Å². The quantitative estimate of drug-likeness (QED) is 0.876. The van der Waals surface area contributed by atoms with Crippen molar-refractivity contribution < 1.29 is 5.11 Å². The maximum absolute atomic E-state index is 10.3. The van der Waals surface area contributed by atoms with Crippen LogP contribution in [0, 0.1) is 13.8 Å². The molecule has 0 aliphatic rings. The van der Waals surface area contributed by atoms with E-state index in [1.165, 1.54) is 11.1 Å². The summed E-state index contributed by atoms with van der Waals surface area (Å²) >= 11 is 5.98. The molecule has 2 aromatic carbocycles. The van der Waals surface area contributed by atoms with E-state index in [0.717, 1.165) is 11.1 Å². The summed E-state index contributed by atoms with van der Waals surface area (Å²) < 4.78 is 0. The zero-order chi connectivity index (χ0) is 13.1. The van der Waals surface area contributed by atoms with Crippen LogP contribution in [0.15, 0.2) is 42.5 Å². The lowest BCUT2D eigenvalue weighted by molar-refractivity contribution is 0.177. The summed E-state index contributed by atoms with van der Waals surface area (Å²) in [6, 6.07) is 13.8. The molecule has 0 aromatic heterocycles. The van der Waals surface area contributed by atoms with Crippen molar-refractivity contribution in [3.05, 3.63) is 69.7 Å². The van der Waals surface area contributed by atoms with Gasteiger partial charge in [-0.2, -0.15) is 0 Å². The Morgan fingerprint density at radius 1 is 1.06 bits per heavy atom. The molecule has 2 aromatic rings. The van der Waals surface area contributed by atoms with Gasteiger partial charge in [0.2, 0.25) is 0 Å². The Balaban J connectivity index is 2.25. The molecule has 2 rings (SSSR count). The van der Waals surface area contributed by atoms with Gasteiger partial charge in [-0.15, -0.1) is 0 Å². The number of hydrogen-bond donors (Lipinski definition) is 1. The van der Waals surface area contributed by atoms with E-state index in [1.54, 1.807) is 0 Å². The highest BCUT2D eigenvalue weighted by atomic mass is 35.5. The van der Waals surface area contributed by atoms with Crippen LogP contribution in [0.1, 0.15) is 28.4 Å². The molecule has 2 heteroatoms. The van der Waals surface area contributed by atoms with Crippen LogP contribution in [0.25, 0.3) is 0 Å². The molecule has 1 N–H and O–H groups in total. The van der Waals surface area contributed by atoms with Crippen LogP contribution in [-0.4, -0.2) is 5.11 Å². The molecule has 0 aliphatic heterocycles. The lowest BCUT2D eigenvalue weighted by Gasteiger charge is -2.15. The predicted molar refractivity (Wildman–Crippen MR) is 76.0 cm³/mol. The Labute approximate surface area is 113 Å². The van der Waals surface area contributed by atoms with E-state index < -0.39 is 6.10 Å². The molecule has 1 nitrogen and oxygen atoms in total. The van der Waals surface area contributed by atoms with Crippen LogP contribution in [0.4, 0.5) is 0 Å². The molecular formula is C16H17ClO. The Hall–Kier alpha value is -1.31. The fourth-order valence-electron chi connectivity index (χ4n) is 2.13. The van der Waals surface area contributed by atoms with Gasteiger partial charge in [0.1, 0.15) is 0 Å². The van der Waals surface area contributed by atoms with Gasteiger partial charge in [-0.3, -0.25) is 0 Å². The second kappa shape index (κ2) is 5.55. The van der Waals surface area contributed by atoms with E-state index >= 15 is 0 Å². The molecule has 0 fully saturated rings. The molecule has 0 saturated heterocycles. The smallest absolute Gasteiger partial charge is 0.0833 e. The number of benzene rings is 2. The number of aryl methyl sites for hydroxylation is 2. The minimum absolute atomic E-state index is 0.509. The van der Waals surface area contributed by atoms with Gasteiger partial charge >= 0.3 is 0 Å². The number of rotatable bonds is 3. The molecule has 0 amide bonds. The van der Waals surface area contributed by atoms with Gasteiger partial charge in [-0.05, 0) is 48.2 Å². The van der Waals surface area contributed by atoms with E-state index in [1.807, 2.05) is 37.3 Å². The number of aliphatic hydroxyl groups excluding tert-OH is 1. The highest BCUT2D eigenvalue weighted by Crippen LogP contribution is 2.25. The van der Waals surface area contributed by atoms with Crippen molar-refractivity contribution in [2.45, 2.75) is 26.4 Å². The van der Waals surface area contributed by atoms with E-state index in [-0.39, 0.29) is 0 Å². The second-order valence-electron chi connectivity index (χ2n) is 4.65. The summed E-state index contributed by atoms with van der Waals surface area (Å²) in [5, 5.41) is 11.0. The molecule has 1 atom stereocenters. The van der Waals surface area contributed by atoms with Gasteiger partial charge < -0.3 is 5.11 Å². The fourth-order valence-corrected chi connectivity index (χ4v) is 2.31. The van der Waals surface area contributed by atoms with Crippen molar-refractivity contribution in [3.63, 3.8) is 0 Å². The van der Waals surface area contributed by atoms with Crippen LogP contribution >= 0.6 is 11.6 Å². The van der Waals surface area contributed by atoms with E-state index in [4.69, 9.17) is 11.6 Å². The summed E-state index contributed by atoms with van der Waals surface area (Å²) in [6.07, 6.45) is 0.109. The summed E-state index contributed by atoms with van der Waals surface area (Å²) in [5.74, 6) is 0. The standard InChI is InChI=1S/C16H17ClO/c1-11-5-3-4-6-13(11)9-16(18)15-10-14(17)8-7-12(15)2/h3-8,10,16,18H,9H2,1-2H3. The van der Waals surface area contributed by atoms with Crippen molar-refractivity contribution >= 4 is 11.6 Å². The van der Waals surface area contributed by atoms with Crippen molar-refractivity contribution in [1.29, 1.82) is 0 Å². The van der Waals surface area contributed by atoms with Gasteiger partial charge in [-0.1, -0.05) is 41.9 Å². The average Bonchev–Trinajstić information content (AvgIpc) is 2.35. The summed E-state index contributed by atoms with van der Waals surface area (Å²) in [6.45, 7) is 4.06. The SMILES string of the molecule is Cc1ccccc1CC(O)c1cc(Cl)ccc1C. The summed E-state index contributed by atoms with van der Waals surface area (Å²) in [7, 11) is 0. The zero-order valence-electron chi connectivity index (χ0n) is 10.7. The second-order valence-corrected chi connectivity index (χ2v) is 5.08. The summed E-state index contributed by atoms with van der Waals surface area (Å²) in [4.78, 5) is 0. The first-order valence-electron chi connectivity index (χ1n) is 6.06. The largest absolute Gasteiger partial charge is 0.388 e. The number of hydrogen-bond acceptors (Lipinski definition) is 1. The van der Waals surface area contributed by atoms with Crippen LogP contribution in [0.2, 0.25) is 5.02 Å². The molecule has 0 saturated carbocycles. The minimum Gasteiger partial charge on any atom is -0.388 e. The summed E-state index contributed by atoms with van der Waals surface area (Å²) in [5.41, 5.74) is 4.35. The molecule has 0 bridgehead atoms. The average molecular weight is 261 g/mol. The normalized spacial score (nSPS) is 12.4. The maximum Gasteiger partial charge on any atom is 0.0833 e. The number of halogens is 1. The Kier molecular flexibility index (Phi) is 4.05. The van der Waals surface area contributed by atoms with Crippen molar-refractivity contribution in [2.24, 2.45) is 0 Å². The lowest BCUT2D eigenvalue weighted by Crippen LogP contribution is -2.05. The van der Waals surface area contributed by atoms with Crippen molar-refractivity contribution in [2.75, 3.05) is 0 Å². The third-order valence-electron chi connectivity index (χ3n) is 3.27. The molecule has 18 heavy (non-hydrogen) atoms. The Morgan fingerprint density at radius 3 is 2.50 bits per heavy atom. The molecule has 0 heterocycles. The molecule has 0 radical (unpaired) electrons. The highest BCUT2D eigenvalue weighted by Gasteiger charge is 2.12. The van der Waals surface area contributed by atoms with Crippen molar-refractivity contribution in [3.8, 4) is 0 Å². The van der Waals surface area contributed by atoms with Crippen LogP contribution < -0.4 is 0 Å². The van der Waals surface area contributed by atoms with Crippen LogP contribution in [-0.2, 0) is 6.42 Å². The fraction of sp³-hybridized carbons (Fsp3) is 0.250. The minimum atomic E-state index is -0.509. The van der Waals surface area contributed by atoms with Crippen LogP contribution in [0.5, 0.6) is 0 Å². The van der Waals surface area contributed by atoms with Gasteiger partial charge in [0.15, 0.2) is 0 Å². The first-order valence-corrected chi connectivity index (χ1v) is 6.44. The Bertz CT molecular complexity index is 549. The topological polar surface area (TPSA) is 20.2 Å². The van der Waals surface area contributed by atoms with Gasteiger partial charge in [-0.25, -0.2) is 0 Å². The van der Waals surface area contributed by atoms with Crippen LogP contribution in [0.3, 0.4) is 0 Å². The van der Waals surface area contributed by atoms with Crippen molar-refractivity contribution in [1.82, 2.24) is 0 Å². The molecule has 1 unspecified atom stereocenters. The first-order chi connectivity index (χ1) is 8.58. The third kappa shape index (κ3) is 2.92. The Morgan fingerprint density at radius 2 is 1.78 bits per heavy atom. The van der Waals surface area contributed by atoms with E-state index in [9.17, 15) is 5.11 Å². The molecular weight excluding hydrogens is 244 g/mol. The first kappa shape index (κ1) is 13.1. The van der Waals surface area contributed by atoms with Gasteiger partial charge in [0.05, 0.1) is 6.10 Å².